The van der Waals surface area contributed by atoms with Crippen molar-refractivity contribution in [3.63, 3.8) is 0 Å². The molecule has 1 aromatic heterocycles. The second kappa shape index (κ2) is 8.71. The maximum atomic E-state index is 6.42. The minimum absolute atomic E-state index is 0.0461. The van der Waals surface area contributed by atoms with Crippen LogP contribution in [-0.2, 0) is 13.0 Å². The predicted octanol–water partition coefficient (Wildman–Crippen LogP) is 7.03. The Morgan fingerprint density at radius 2 is 1.77 bits per heavy atom. The van der Waals surface area contributed by atoms with Gasteiger partial charge in [-0.05, 0) is 55.7 Å². The van der Waals surface area contributed by atoms with E-state index in [4.69, 9.17) is 34.8 Å². The van der Waals surface area contributed by atoms with Gasteiger partial charge < -0.3 is 4.57 Å². The Morgan fingerprint density at radius 1 is 1.04 bits per heavy atom. The van der Waals surface area contributed by atoms with Crippen molar-refractivity contribution in [2.45, 2.75) is 36.0 Å². The third-order valence-electron chi connectivity index (χ3n) is 4.20. The smallest absolute Gasteiger partial charge is 0.0945 e. The fourth-order valence-corrected chi connectivity index (χ4v) is 4.72. The van der Waals surface area contributed by atoms with Gasteiger partial charge in [0.25, 0.3) is 0 Å². The summed E-state index contributed by atoms with van der Waals surface area (Å²) in [6.07, 6.45) is 7.52. The Kier molecular flexibility index (Phi) is 6.57. The predicted molar refractivity (Wildman–Crippen MR) is 113 cm³/mol. The van der Waals surface area contributed by atoms with E-state index in [0.29, 0.717) is 10.0 Å². The van der Waals surface area contributed by atoms with E-state index in [1.54, 1.807) is 24.0 Å². The van der Waals surface area contributed by atoms with Crippen LogP contribution in [0, 0.1) is 0 Å². The van der Waals surface area contributed by atoms with Gasteiger partial charge in [0.2, 0.25) is 0 Å². The van der Waals surface area contributed by atoms with Crippen LogP contribution in [0.2, 0.25) is 15.1 Å². The molecule has 1 atom stereocenters. The zero-order valence-corrected chi connectivity index (χ0v) is 17.4. The first kappa shape index (κ1) is 19.6. The van der Waals surface area contributed by atoms with Crippen molar-refractivity contribution in [1.29, 1.82) is 0 Å². The van der Waals surface area contributed by atoms with Gasteiger partial charge in [-0.1, -0.05) is 46.9 Å². The van der Waals surface area contributed by atoms with Crippen molar-refractivity contribution in [3.05, 3.63) is 81.8 Å². The fourth-order valence-electron chi connectivity index (χ4n) is 2.82. The molecule has 1 unspecified atom stereocenters. The van der Waals surface area contributed by atoms with E-state index in [0.717, 1.165) is 29.3 Å². The van der Waals surface area contributed by atoms with E-state index in [1.165, 1.54) is 5.56 Å². The Balaban J connectivity index is 1.82. The van der Waals surface area contributed by atoms with Crippen LogP contribution in [0.5, 0.6) is 0 Å². The van der Waals surface area contributed by atoms with Crippen molar-refractivity contribution in [2.75, 3.05) is 0 Å². The highest BCUT2D eigenvalue weighted by molar-refractivity contribution is 8.00. The number of hydrogen-bond donors (Lipinski definition) is 0. The Morgan fingerprint density at radius 3 is 2.42 bits per heavy atom. The second-order valence-electron chi connectivity index (χ2n) is 6.48. The highest BCUT2D eigenvalue weighted by Crippen LogP contribution is 2.42. The lowest BCUT2D eigenvalue weighted by Crippen LogP contribution is -2.25. The molecule has 0 fully saturated rings. The molecule has 3 rings (SSSR count). The molecule has 0 radical (unpaired) electrons. The van der Waals surface area contributed by atoms with Crippen molar-refractivity contribution >= 4 is 46.6 Å². The van der Waals surface area contributed by atoms with Crippen LogP contribution < -0.4 is 0 Å². The average Bonchev–Trinajstić information content (AvgIpc) is 3.12. The van der Waals surface area contributed by atoms with E-state index in [-0.39, 0.29) is 4.75 Å². The molecule has 2 nitrogen and oxygen atoms in total. The third-order valence-corrected chi connectivity index (χ3v) is 6.53. The monoisotopic (exact) mass is 424 g/mol. The van der Waals surface area contributed by atoms with Crippen LogP contribution in [-0.4, -0.2) is 14.3 Å². The van der Waals surface area contributed by atoms with Gasteiger partial charge in [-0.3, -0.25) is 0 Å². The Hall–Kier alpha value is -1.13. The van der Waals surface area contributed by atoms with E-state index in [9.17, 15) is 0 Å². The normalized spacial score (nSPS) is 13.5. The zero-order valence-electron chi connectivity index (χ0n) is 14.3. The molecule has 6 heteroatoms. The van der Waals surface area contributed by atoms with Crippen molar-refractivity contribution in [3.8, 4) is 0 Å². The van der Waals surface area contributed by atoms with Crippen molar-refractivity contribution < 1.29 is 0 Å². The molecule has 26 heavy (non-hydrogen) atoms. The summed E-state index contributed by atoms with van der Waals surface area (Å²) < 4.78 is 2.06. The second-order valence-corrected chi connectivity index (χ2v) is 9.39. The van der Waals surface area contributed by atoms with Crippen LogP contribution in [0.3, 0.4) is 0 Å². The minimum Gasteiger partial charge on any atom is -0.337 e. The molecular weight excluding hydrogens is 407 g/mol. The standard InChI is InChI=1S/C20H19Cl3N2S/c1-20(8-10-25-11-9-24-14-25,13-15-2-4-16(21)5-3-15)26-19-7-6-17(22)12-18(19)23/h2-7,9,11-12,14H,8,10,13H2,1H3. The molecule has 1 heterocycles. The number of benzene rings is 2. The average molecular weight is 426 g/mol. The molecule has 0 aliphatic rings. The number of imidazole rings is 1. The van der Waals surface area contributed by atoms with Crippen LogP contribution >= 0.6 is 46.6 Å². The molecular formula is C20H19Cl3N2S. The van der Waals surface area contributed by atoms with E-state index in [2.05, 4.69) is 28.6 Å². The third kappa shape index (κ3) is 5.43. The van der Waals surface area contributed by atoms with Gasteiger partial charge in [0.1, 0.15) is 0 Å². The number of rotatable bonds is 7. The molecule has 0 saturated heterocycles. The minimum atomic E-state index is -0.0461. The first-order chi connectivity index (χ1) is 12.4. The molecule has 0 aliphatic heterocycles. The van der Waals surface area contributed by atoms with Gasteiger partial charge in [0, 0.05) is 38.6 Å². The summed E-state index contributed by atoms with van der Waals surface area (Å²) in [5.74, 6) is 0. The maximum absolute atomic E-state index is 6.42. The van der Waals surface area contributed by atoms with Crippen molar-refractivity contribution in [1.82, 2.24) is 9.55 Å². The molecule has 0 N–H and O–H groups in total. The lowest BCUT2D eigenvalue weighted by Gasteiger charge is -2.30. The first-order valence-electron chi connectivity index (χ1n) is 8.28. The largest absolute Gasteiger partial charge is 0.337 e. The summed E-state index contributed by atoms with van der Waals surface area (Å²) >= 11 is 20.3. The number of thioether (sulfide) groups is 1. The van der Waals surface area contributed by atoms with E-state index in [1.807, 2.05) is 36.8 Å². The topological polar surface area (TPSA) is 17.8 Å². The number of aryl methyl sites for hydroxylation is 1. The highest BCUT2D eigenvalue weighted by atomic mass is 35.5. The molecule has 0 amide bonds. The van der Waals surface area contributed by atoms with Gasteiger partial charge in [-0.15, -0.1) is 11.8 Å². The molecule has 3 aromatic rings. The zero-order chi connectivity index (χ0) is 18.6. The quantitative estimate of drug-likeness (QED) is 0.378. The van der Waals surface area contributed by atoms with Gasteiger partial charge in [-0.25, -0.2) is 4.98 Å². The van der Waals surface area contributed by atoms with Crippen LogP contribution in [0.1, 0.15) is 18.9 Å². The summed E-state index contributed by atoms with van der Waals surface area (Å²) in [5, 5.41) is 2.09. The van der Waals surface area contributed by atoms with Crippen LogP contribution in [0.4, 0.5) is 0 Å². The van der Waals surface area contributed by atoms with Crippen molar-refractivity contribution in [2.24, 2.45) is 0 Å². The Labute approximate surface area is 173 Å². The van der Waals surface area contributed by atoms with Gasteiger partial charge in [0.05, 0.1) is 11.3 Å². The van der Waals surface area contributed by atoms with Gasteiger partial charge >= 0.3 is 0 Å². The molecule has 0 saturated carbocycles. The summed E-state index contributed by atoms with van der Waals surface area (Å²) in [7, 11) is 0. The van der Waals surface area contributed by atoms with Gasteiger partial charge in [0.15, 0.2) is 0 Å². The highest BCUT2D eigenvalue weighted by Gasteiger charge is 2.27. The van der Waals surface area contributed by atoms with Crippen LogP contribution in [0.25, 0.3) is 0 Å². The maximum Gasteiger partial charge on any atom is 0.0945 e. The molecule has 0 aliphatic carbocycles. The summed E-state index contributed by atoms with van der Waals surface area (Å²) in [5.41, 5.74) is 1.25. The first-order valence-corrected chi connectivity index (χ1v) is 10.2. The van der Waals surface area contributed by atoms with Crippen LogP contribution in [0.15, 0.2) is 66.1 Å². The molecule has 0 bridgehead atoms. The van der Waals surface area contributed by atoms with E-state index < -0.39 is 0 Å². The Bertz CT molecular complexity index is 850. The lowest BCUT2D eigenvalue weighted by atomic mass is 9.97. The molecule has 2 aromatic carbocycles. The number of nitrogens with zero attached hydrogens (tertiary/aromatic N) is 2. The SMILES string of the molecule is CC(CCn1ccnc1)(Cc1ccc(Cl)cc1)Sc1ccc(Cl)cc1Cl. The summed E-state index contributed by atoms with van der Waals surface area (Å²) in [4.78, 5) is 5.17. The number of hydrogen-bond acceptors (Lipinski definition) is 2. The molecule has 136 valence electrons. The fraction of sp³-hybridized carbons (Fsp3) is 0.250. The lowest BCUT2D eigenvalue weighted by molar-refractivity contribution is 0.518. The van der Waals surface area contributed by atoms with E-state index >= 15 is 0 Å². The van der Waals surface area contributed by atoms with Gasteiger partial charge in [-0.2, -0.15) is 0 Å². The molecule has 0 spiro atoms. The number of aromatic nitrogens is 2. The summed E-state index contributed by atoms with van der Waals surface area (Å²) in [6, 6.07) is 13.7. The number of halogens is 3. The summed E-state index contributed by atoms with van der Waals surface area (Å²) in [6.45, 7) is 3.16.